The van der Waals surface area contributed by atoms with Crippen molar-refractivity contribution in [2.75, 3.05) is 0 Å². The van der Waals surface area contributed by atoms with Gasteiger partial charge in [0, 0.05) is 0 Å². The van der Waals surface area contributed by atoms with E-state index < -0.39 is 32.7 Å². The van der Waals surface area contributed by atoms with Crippen molar-refractivity contribution in [2.45, 2.75) is 40.0 Å². The van der Waals surface area contributed by atoms with Gasteiger partial charge in [-0.3, -0.25) is 28.8 Å². The van der Waals surface area contributed by atoms with E-state index in [1.54, 1.807) is 0 Å². The van der Waals surface area contributed by atoms with Crippen molar-refractivity contribution in [1.82, 2.24) is 0 Å². The van der Waals surface area contributed by atoms with E-state index >= 15 is 0 Å². The fraction of sp³-hybridized carbons (Fsp3) is 0.400. The van der Waals surface area contributed by atoms with Crippen molar-refractivity contribution in [1.29, 1.82) is 0 Å². The molecule has 0 saturated heterocycles. The summed E-state index contributed by atoms with van der Waals surface area (Å²) in [4.78, 5) is 91.2. The minimum Gasteiger partial charge on any atom is -0.734 e. The second-order valence-corrected chi connectivity index (χ2v) is 5.88. The zero-order chi connectivity index (χ0) is 22.3. The second-order valence-electron chi connectivity index (χ2n) is 4.77. The number of hydrogen-bond donors (Lipinski definition) is 0. The van der Waals surface area contributed by atoms with Crippen molar-refractivity contribution >= 4 is 87.9 Å². The van der Waals surface area contributed by atoms with Gasteiger partial charge in [0.25, 0.3) is 0 Å². The van der Waals surface area contributed by atoms with E-state index in [1.807, 2.05) is 0 Å². The van der Waals surface area contributed by atoms with Gasteiger partial charge >= 0.3 is 19.5 Å². The molecule has 13 heteroatoms. The standard InChI is InChI=1S/3C5H6O3S.Ru/c3*1-3(6)2-4(7)5(8)9;/h3*2H2,1H3,(H,8,9);/q;;;+3/p-3. The van der Waals surface area contributed by atoms with Crippen LogP contribution in [0.1, 0.15) is 40.0 Å². The molecule has 0 fully saturated rings. The Balaban J connectivity index is -0.000000152. The molecule has 0 N–H and O–H groups in total. The summed E-state index contributed by atoms with van der Waals surface area (Å²) >= 11 is 11.9. The quantitative estimate of drug-likeness (QED) is 0.151. The van der Waals surface area contributed by atoms with Gasteiger partial charge in [-0.05, 0) is 20.8 Å². The van der Waals surface area contributed by atoms with E-state index in [0.717, 1.165) is 0 Å². The predicted molar refractivity (Wildman–Crippen MR) is 98.0 cm³/mol. The molecule has 0 rings (SSSR count). The Bertz CT molecular complexity index is 581. The van der Waals surface area contributed by atoms with Gasteiger partial charge < -0.3 is 52.3 Å². The first kappa shape index (κ1) is 33.9. The molecule has 0 aromatic rings. The summed E-state index contributed by atoms with van der Waals surface area (Å²) in [5, 5.41) is -2.90. The summed E-state index contributed by atoms with van der Waals surface area (Å²) in [6.07, 6.45) is -1.08. The Morgan fingerprint density at radius 1 is 0.464 bits per heavy atom. The molecule has 0 bridgehead atoms. The minimum atomic E-state index is -0.967. The maximum Gasteiger partial charge on any atom is 3.00 e. The molecule has 1 radical (unpaired) electrons. The van der Waals surface area contributed by atoms with Crippen LogP contribution in [-0.4, -0.2) is 50.0 Å². The van der Waals surface area contributed by atoms with Crippen LogP contribution < -0.4 is 0 Å². The van der Waals surface area contributed by atoms with Crippen LogP contribution in [0.4, 0.5) is 0 Å². The summed E-state index contributed by atoms with van der Waals surface area (Å²) in [7, 11) is 0. The van der Waals surface area contributed by atoms with Gasteiger partial charge in [-0.15, -0.1) is 0 Å². The first-order valence-corrected chi connectivity index (χ1v) is 8.05. The SMILES string of the molecule is CC(=O)CC(=O)C(=O)[S-].CC(=O)CC(=O)C(=O)[S-].CC(=O)CC(=O)C(=O)[S-].[Ru+3]. The van der Waals surface area contributed by atoms with Gasteiger partial charge in [0.1, 0.15) is 17.3 Å². The number of carbonyl (C=O) groups is 9. The molecule has 0 aromatic heterocycles. The van der Waals surface area contributed by atoms with Crippen molar-refractivity contribution in [3.8, 4) is 0 Å². The summed E-state index contributed by atoms with van der Waals surface area (Å²) in [6.45, 7) is 3.70. The van der Waals surface area contributed by atoms with Crippen molar-refractivity contribution in [3.05, 3.63) is 0 Å². The van der Waals surface area contributed by atoms with E-state index in [1.165, 1.54) is 20.8 Å². The first-order chi connectivity index (χ1) is 12.1. The smallest absolute Gasteiger partial charge is 0.734 e. The van der Waals surface area contributed by atoms with Crippen LogP contribution in [0, 0.1) is 0 Å². The average molecular weight is 537 g/mol. The Morgan fingerprint density at radius 3 is 0.643 bits per heavy atom. The Morgan fingerprint density at radius 2 is 0.607 bits per heavy atom. The fourth-order valence-electron chi connectivity index (χ4n) is 0.895. The molecule has 0 atom stereocenters. The van der Waals surface area contributed by atoms with Crippen LogP contribution in [0.3, 0.4) is 0 Å². The monoisotopic (exact) mass is 537 g/mol. The molecule has 0 spiro atoms. The van der Waals surface area contributed by atoms with Gasteiger partial charge in [-0.1, -0.05) is 0 Å². The topological polar surface area (TPSA) is 154 Å². The van der Waals surface area contributed by atoms with E-state index in [-0.39, 0.29) is 56.1 Å². The normalized spacial score (nSPS) is 8.25. The third-order valence-electron chi connectivity index (χ3n) is 1.91. The van der Waals surface area contributed by atoms with Crippen LogP contribution in [-0.2, 0) is 101 Å². The molecule has 0 aliphatic rings. The zero-order valence-electron chi connectivity index (χ0n) is 14.9. The first-order valence-electron chi connectivity index (χ1n) is 6.82. The molecule has 0 aromatic carbocycles. The van der Waals surface area contributed by atoms with Gasteiger partial charge in [0.15, 0.2) is 17.3 Å². The maximum absolute atomic E-state index is 10.3. The molecule has 0 aliphatic heterocycles. The summed E-state index contributed by atoms with van der Waals surface area (Å²) in [5.74, 6) is -3.39. The second kappa shape index (κ2) is 18.7. The van der Waals surface area contributed by atoms with Crippen LogP contribution >= 0.6 is 0 Å². The van der Waals surface area contributed by atoms with Crippen LogP contribution in [0.25, 0.3) is 0 Å². The Labute approximate surface area is 190 Å². The fourth-order valence-corrected chi connectivity index (χ4v) is 1.11. The van der Waals surface area contributed by atoms with Crippen molar-refractivity contribution in [2.24, 2.45) is 0 Å². The maximum atomic E-state index is 10.3. The Kier molecular flexibility index (Phi) is 22.6. The number of Topliss-reactive ketones (excluding diaryl/α,β-unsaturated/α-hetero) is 6. The summed E-state index contributed by atoms with van der Waals surface area (Å²) in [6, 6.07) is 0. The minimum absolute atomic E-state index is 0. The van der Waals surface area contributed by atoms with Gasteiger partial charge in [-0.25, -0.2) is 0 Å². The largest absolute Gasteiger partial charge is 3.00 e. The molecule has 28 heavy (non-hydrogen) atoms. The summed E-state index contributed by atoms with van der Waals surface area (Å²) in [5.41, 5.74) is 0. The van der Waals surface area contributed by atoms with Crippen LogP contribution in [0.15, 0.2) is 0 Å². The van der Waals surface area contributed by atoms with Crippen molar-refractivity contribution in [3.63, 3.8) is 0 Å². The zero-order valence-corrected chi connectivity index (χ0v) is 19.1. The van der Waals surface area contributed by atoms with E-state index in [0.29, 0.717) is 0 Å². The molecule has 0 saturated carbocycles. The molecule has 0 aliphatic carbocycles. The number of carbonyl (C=O) groups excluding carboxylic acids is 9. The third-order valence-corrected chi connectivity index (χ3v) is 2.59. The predicted octanol–water partition coefficient (Wildman–Crippen LogP) is -1.18. The number of ketones is 6. The van der Waals surface area contributed by atoms with E-state index in [4.69, 9.17) is 0 Å². The van der Waals surface area contributed by atoms with Gasteiger partial charge in [-0.2, -0.15) is 0 Å². The molecule has 0 amide bonds. The molecule has 9 nitrogen and oxygen atoms in total. The number of hydrogen-bond acceptors (Lipinski definition) is 12. The van der Waals surface area contributed by atoms with Gasteiger partial charge in [0.05, 0.1) is 34.6 Å². The van der Waals surface area contributed by atoms with E-state index in [2.05, 4.69) is 37.9 Å². The molecular weight excluding hydrogens is 521 g/mol. The molecule has 155 valence electrons. The van der Waals surface area contributed by atoms with Crippen molar-refractivity contribution < 1.29 is 62.6 Å². The number of rotatable bonds is 9. The Hall–Kier alpha value is -1.69. The van der Waals surface area contributed by atoms with Gasteiger partial charge in [0.2, 0.25) is 0 Å². The summed E-state index contributed by atoms with van der Waals surface area (Å²) < 4.78 is 0. The van der Waals surface area contributed by atoms with E-state index in [9.17, 15) is 43.2 Å². The molecule has 0 unspecified atom stereocenters. The average Bonchev–Trinajstić information content (AvgIpc) is 2.46. The molecular formula is C15H15O9RuS3. The third kappa shape index (κ3) is 26.5. The van der Waals surface area contributed by atoms with Crippen LogP contribution in [0.5, 0.6) is 0 Å². The molecule has 0 heterocycles. The van der Waals surface area contributed by atoms with Crippen LogP contribution in [0.2, 0.25) is 0 Å².